The highest BCUT2D eigenvalue weighted by Gasteiger charge is 2.35. The van der Waals surface area contributed by atoms with E-state index in [1.807, 2.05) is 31.2 Å². The van der Waals surface area contributed by atoms with Gasteiger partial charge in [-0.3, -0.25) is 14.4 Å². The standard InChI is InChI=1S/C27H36N4O4S/c1-19-9-11-20(12-10-19)25(26(34)29-21-6-3-2-4-7-21)31(18-22-8-5-16-35-22)24(33)14-13-23(32)30-27-28-15-17-36-27/h9-12,15,17,21-22,25H,2-8,13-14,16,18H2,1H3,(H,29,34)(H,28,30,32)/t22-,25-/m1/s1. The Balaban J connectivity index is 1.53. The quantitative estimate of drug-likeness (QED) is 0.492. The van der Waals surface area contributed by atoms with Gasteiger partial charge in [-0.2, -0.15) is 0 Å². The van der Waals surface area contributed by atoms with Crippen molar-refractivity contribution in [3.05, 3.63) is 47.0 Å². The van der Waals surface area contributed by atoms with Crippen LogP contribution >= 0.6 is 11.3 Å². The van der Waals surface area contributed by atoms with E-state index in [0.717, 1.165) is 49.7 Å². The van der Waals surface area contributed by atoms with E-state index in [1.54, 1.807) is 16.5 Å². The van der Waals surface area contributed by atoms with Crippen molar-refractivity contribution >= 4 is 34.2 Å². The van der Waals surface area contributed by atoms with Gasteiger partial charge in [-0.05, 0) is 38.2 Å². The summed E-state index contributed by atoms with van der Waals surface area (Å²) in [6.45, 7) is 2.98. The largest absolute Gasteiger partial charge is 0.376 e. The molecule has 9 heteroatoms. The van der Waals surface area contributed by atoms with Gasteiger partial charge in [-0.1, -0.05) is 49.1 Å². The zero-order chi connectivity index (χ0) is 25.3. The molecule has 1 aliphatic heterocycles. The minimum atomic E-state index is -0.772. The number of nitrogens with zero attached hydrogens (tertiary/aromatic N) is 2. The van der Waals surface area contributed by atoms with Crippen LogP contribution in [0.4, 0.5) is 5.13 Å². The minimum Gasteiger partial charge on any atom is -0.376 e. The van der Waals surface area contributed by atoms with Gasteiger partial charge in [0.05, 0.1) is 6.10 Å². The maximum Gasteiger partial charge on any atom is 0.247 e. The topological polar surface area (TPSA) is 101 Å². The van der Waals surface area contributed by atoms with E-state index in [-0.39, 0.29) is 42.7 Å². The highest BCUT2D eigenvalue weighted by Crippen LogP contribution is 2.27. The Morgan fingerprint density at radius 1 is 1.08 bits per heavy atom. The van der Waals surface area contributed by atoms with Crippen molar-refractivity contribution in [1.29, 1.82) is 0 Å². The third-order valence-electron chi connectivity index (χ3n) is 6.89. The Morgan fingerprint density at radius 3 is 2.53 bits per heavy atom. The van der Waals surface area contributed by atoms with Crippen LogP contribution in [0, 0.1) is 6.92 Å². The summed E-state index contributed by atoms with van der Waals surface area (Å²) in [5.41, 5.74) is 1.86. The summed E-state index contributed by atoms with van der Waals surface area (Å²) in [5.74, 6) is -0.664. The molecule has 0 radical (unpaired) electrons. The molecule has 1 aromatic heterocycles. The molecule has 1 saturated carbocycles. The lowest BCUT2D eigenvalue weighted by atomic mass is 9.94. The maximum atomic E-state index is 13.7. The van der Waals surface area contributed by atoms with E-state index in [9.17, 15) is 14.4 Å². The molecular formula is C27H36N4O4S. The normalized spacial score (nSPS) is 19.0. The number of carbonyl (C=O) groups excluding carboxylic acids is 3. The number of aromatic nitrogens is 1. The molecule has 194 valence electrons. The SMILES string of the molecule is Cc1ccc([C@H](C(=O)NC2CCCCC2)N(C[C@H]2CCCO2)C(=O)CCC(=O)Nc2nccs2)cc1. The van der Waals surface area contributed by atoms with E-state index in [0.29, 0.717) is 18.3 Å². The number of amides is 3. The Morgan fingerprint density at radius 2 is 1.86 bits per heavy atom. The third-order valence-corrected chi connectivity index (χ3v) is 7.58. The van der Waals surface area contributed by atoms with E-state index < -0.39 is 6.04 Å². The number of nitrogens with one attached hydrogen (secondary N) is 2. The molecule has 3 amide bonds. The van der Waals surface area contributed by atoms with Crippen molar-refractivity contribution in [2.75, 3.05) is 18.5 Å². The van der Waals surface area contributed by atoms with E-state index in [4.69, 9.17) is 4.74 Å². The molecule has 2 heterocycles. The number of hydrogen-bond donors (Lipinski definition) is 2. The summed E-state index contributed by atoms with van der Waals surface area (Å²) in [4.78, 5) is 45.5. The molecule has 36 heavy (non-hydrogen) atoms. The summed E-state index contributed by atoms with van der Waals surface area (Å²) in [5, 5.41) is 8.24. The molecule has 0 bridgehead atoms. The smallest absolute Gasteiger partial charge is 0.247 e. The van der Waals surface area contributed by atoms with Crippen LogP contribution in [0.15, 0.2) is 35.8 Å². The average molecular weight is 513 g/mol. The Hall–Kier alpha value is -2.78. The zero-order valence-corrected chi connectivity index (χ0v) is 21.7. The predicted molar refractivity (Wildman–Crippen MR) is 140 cm³/mol. The van der Waals surface area contributed by atoms with Gasteiger partial charge in [0, 0.05) is 43.6 Å². The monoisotopic (exact) mass is 512 g/mol. The van der Waals surface area contributed by atoms with Crippen molar-refractivity contribution < 1.29 is 19.1 Å². The summed E-state index contributed by atoms with van der Waals surface area (Å²) >= 11 is 1.33. The van der Waals surface area contributed by atoms with Crippen LogP contribution in [-0.2, 0) is 19.1 Å². The van der Waals surface area contributed by atoms with Crippen molar-refractivity contribution in [3.8, 4) is 0 Å². The summed E-state index contributed by atoms with van der Waals surface area (Å²) in [6, 6.07) is 7.13. The molecule has 1 aromatic carbocycles. The van der Waals surface area contributed by atoms with Gasteiger partial charge in [0.15, 0.2) is 5.13 Å². The van der Waals surface area contributed by atoms with Crippen molar-refractivity contribution in [1.82, 2.24) is 15.2 Å². The number of hydrogen-bond acceptors (Lipinski definition) is 6. The Kier molecular flexibility index (Phi) is 9.47. The number of benzene rings is 1. The zero-order valence-electron chi connectivity index (χ0n) is 20.9. The van der Waals surface area contributed by atoms with Gasteiger partial charge in [0.25, 0.3) is 0 Å². The van der Waals surface area contributed by atoms with Gasteiger partial charge in [-0.25, -0.2) is 4.98 Å². The fourth-order valence-electron chi connectivity index (χ4n) is 4.94. The number of aryl methyl sites for hydroxylation is 1. The second kappa shape index (κ2) is 13.0. The first-order chi connectivity index (χ1) is 17.5. The van der Waals surface area contributed by atoms with Gasteiger partial charge >= 0.3 is 0 Å². The highest BCUT2D eigenvalue weighted by atomic mass is 32.1. The number of carbonyl (C=O) groups is 3. The highest BCUT2D eigenvalue weighted by molar-refractivity contribution is 7.13. The second-order valence-corrected chi connectivity index (χ2v) is 10.6. The van der Waals surface area contributed by atoms with Crippen molar-refractivity contribution in [2.24, 2.45) is 0 Å². The van der Waals surface area contributed by atoms with Crippen LogP contribution in [0.25, 0.3) is 0 Å². The number of anilines is 1. The first-order valence-corrected chi connectivity index (χ1v) is 13.8. The van der Waals surface area contributed by atoms with Crippen molar-refractivity contribution in [2.45, 2.75) is 82.9 Å². The van der Waals surface area contributed by atoms with Crippen LogP contribution in [0.3, 0.4) is 0 Å². The predicted octanol–water partition coefficient (Wildman–Crippen LogP) is 4.37. The van der Waals surface area contributed by atoms with Gasteiger partial charge < -0.3 is 20.3 Å². The minimum absolute atomic E-state index is 0.00297. The molecular weight excluding hydrogens is 476 g/mol. The fourth-order valence-corrected chi connectivity index (χ4v) is 5.48. The van der Waals surface area contributed by atoms with Gasteiger partial charge in [-0.15, -0.1) is 11.3 Å². The second-order valence-electron chi connectivity index (χ2n) is 9.72. The third kappa shape index (κ3) is 7.36. The first-order valence-electron chi connectivity index (χ1n) is 13.0. The van der Waals surface area contributed by atoms with E-state index >= 15 is 0 Å². The van der Waals surface area contributed by atoms with E-state index in [1.165, 1.54) is 17.8 Å². The van der Waals surface area contributed by atoms with Gasteiger partial charge in [0.2, 0.25) is 17.7 Å². The van der Waals surface area contributed by atoms with Gasteiger partial charge in [0.1, 0.15) is 6.04 Å². The van der Waals surface area contributed by atoms with Crippen LogP contribution in [-0.4, -0.2) is 52.9 Å². The number of thiazole rings is 1. The van der Waals surface area contributed by atoms with Crippen LogP contribution < -0.4 is 10.6 Å². The maximum absolute atomic E-state index is 13.7. The first kappa shape index (κ1) is 26.3. The molecule has 2 fully saturated rings. The molecule has 0 unspecified atom stereocenters. The molecule has 2 atom stereocenters. The fraction of sp³-hybridized carbons (Fsp3) is 0.556. The van der Waals surface area contributed by atoms with Crippen LogP contribution in [0.5, 0.6) is 0 Å². The molecule has 2 N–H and O–H groups in total. The lowest BCUT2D eigenvalue weighted by Gasteiger charge is -2.34. The summed E-state index contributed by atoms with van der Waals surface area (Å²) in [7, 11) is 0. The molecule has 1 aliphatic carbocycles. The summed E-state index contributed by atoms with van der Waals surface area (Å²) < 4.78 is 5.85. The van der Waals surface area contributed by atoms with Crippen molar-refractivity contribution in [3.63, 3.8) is 0 Å². The molecule has 1 saturated heterocycles. The molecule has 2 aromatic rings. The average Bonchev–Trinajstić information content (AvgIpc) is 3.58. The number of ether oxygens (including phenoxy) is 1. The Labute approximate surface area is 216 Å². The lowest BCUT2D eigenvalue weighted by molar-refractivity contribution is -0.143. The molecule has 4 rings (SSSR count). The van der Waals surface area contributed by atoms with Crippen LogP contribution in [0.2, 0.25) is 0 Å². The van der Waals surface area contributed by atoms with E-state index in [2.05, 4.69) is 15.6 Å². The molecule has 2 aliphatic rings. The summed E-state index contributed by atoms with van der Waals surface area (Å²) in [6.07, 6.45) is 8.63. The lowest BCUT2D eigenvalue weighted by Crippen LogP contribution is -2.49. The molecule has 8 nitrogen and oxygen atoms in total. The van der Waals surface area contributed by atoms with Crippen LogP contribution in [0.1, 0.15) is 75.0 Å². The Bertz CT molecular complexity index is 999. The number of rotatable bonds is 10. The molecule has 0 spiro atoms.